The summed E-state index contributed by atoms with van der Waals surface area (Å²) in [5.74, 6) is 0.407. The van der Waals surface area contributed by atoms with Crippen molar-refractivity contribution in [2.45, 2.75) is 39.7 Å². The van der Waals surface area contributed by atoms with Crippen LogP contribution < -0.4 is 5.32 Å². The molecule has 0 unspecified atom stereocenters. The molecule has 1 heterocycles. The molecule has 110 valence electrons. The van der Waals surface area contributed by atoms with Gasteiger partial charge >= 0.3 is 0 Å². The molecule has 1 amide bonds. The topological polar surface area (TPSA) is 46.9 Å². The van der Waals surface area contributed by atoms with Crippen LogP contribution in [-0.4, -0.2) is 15.7 Å². The van der Waals surface area contributed by atoms with Crippen LogP contribution in [0.3, 0.4) is 0 Å². The largest absolute Gasteiger partial charge is 0.349 e. The molecule has 1 saturated carbocycles. The Labute approximate surface area is 125 Å². The molecule has 0 spiro atoms. The zero-order valence-electron chi connectivity index (χ0n) is 12.8. The van der Waals surface area contributed by atoms with Crippen molar-refractivity contribution in [2.75, 3.05) is 0 Å². The molecule has 1 aromatic heterocycles. The molecule has 1 aliphatic carbocycles. The summed E-state index contributed by atoms with van der Waals surface area (Å²) < 4.78 is 1.95. The van der Waals surface area contributed by atoms with Crippen molar-refractivity contribution in [3.05, 3.63) is 47.3 Å². The SMILES string of the molecule is Cc1ccccc1-n1ncc([C@@H](C)NC(=O)C2CC2)c1C. The van der Waals surface area contributed by atoms with Crippen LogP contribution in [0.1, 0.15) is 42.6 Å². The number of carbonyl (C=O) groups is 1. The van der Waals surface area contributed by atoms with Gasteiger partial charge in [0.2, 0.25) is 5.91 Å². The third-order valence-electron chi connectivity index (χ3n) is 4.16. The first-order chi connectivity index (χ1) is 10.1. The minimum atomic E-state index is -0.00383. The van der Waals surface area contributed by atoms with E-state index in [4.69, 9.17) is 0 Å². The molecule has 3 rings (SSSR count). The molecule has 21 heavy (non-hydrogen) atoms. The van der Waals surface area contributed by atoms with E-state index in [1.165, 1.54) is 5.56 Å². The maximum atomic E-state index is 11.9. The van der Waals surface area contributed by atoms with Crippen LogP contribution in [0.4, 0.5) is 0 Å². The molecule has 1 fully saturated rings. The average molecular weight is 283 g/mol. The van der Waals surface area contributed by atoms with Crippen molar-refractivity contribution in [3.63, 3.8) is 0 Å². The van der Waals surface area contributed by atoms with Crippen molar-refractivity contribution in [3.8, 4) is 5.69 Å². The Morgan fingerprint density at radius 2 is 2.05 bits per heavy atom. The Morgan fingerprint density at radius 3 is 2.71 bits per heavy atom. The Kier molecular flexibility index (Phi) is 3.53. The number of aromatic nitrogens is 2. The zero-order valence-corrected chi connectivity index (χ0v) is 12.8. The van der Waals surface area contributed by atoms with E-state index in [0.717, 1.165) is 29.8 Å². The van der Waals surface area contributed by atoms with E-state index in [9.17, 15) is 4.79 Å². The molecule has 4 heteroatoms. The number of hydrogen-bond acceptors (Lipinski definition) is 2. The summed E-state index contributed by atoms with van der Waals surface area (Å²) >= 11 is 0. The Balaban J connectivity index is 1.85. The Hall–Kier alpha value is -2.10. The fourth-order valence-corrected chi connectivity index (χ4v) is 2.65. The average Bonchev–Trinajstić information content (AvgIpc) is 3.23. The highest BCUT2D eigenvalue weighted by molar-refractivity contribution is 5.81. The van der Waals surface area contributed by atoms with Gasteiger partial charge in [0.1, 0.15) is 0 Å². The number of aryl methyl sites for hydroxylation is 1. The number of amides is 1. The predicted octanol–water partition coefficient (Wildman–Crippen LogP) is 3.08. The van der Waals surface area contributed by atoms with Gasteiger partial charge in [0.15, 0.2) is 0 Å². The minimum Gasteiger partial charge on any atom is -0.349 e. The van der Waals surface area contributed by atoms with Gasteiger partial charge in [-0.3, -0.25) is 4.79 Å². The number of rotatable bonds is 4. The molecule has 1 N–H and O–H groups in total. The van der Waals surface area contributed by atoms with Gasteiger partial charge in [0.05, 0.1) is 17.9 Å². The number of para-hydroxylation sites is 1. The van der Waals surface area contributed by atoms with E-state index in [-0.39, 0.29) is 17.9 Å². The van der Waals surface area contributed by atoms with Crippen molar-refractivity contribution < 1.29 is 4.79 Å². The fourth-order valence-electron chi connectivity index (χ4n) is 2.65. The normalized spacial score (nSPS) is 15.8. The van der Waals surface area contributed by atoms with E-state index in [1.807, 2.05) is 29.9 Å². The van der Waals surface area contributed by atoms with E-state index in [0.29, 0.717) is 0 Å². The van der Waals surface area contributed by atoms with Gasteiger partial charge in [-0.25, -0.2) is 4.68 Å². The molecular weight excluding hydrogens is 262 g/mol. The number of nitrogens with one attached hydrogen (secondary N) is 1. The Bertz CT molecular complexity index is 670. The lowest BCUT2D eigenvalue weighted by molar-refractivity contribution is -0.122. The summed E-state index contributed by atoms with van der Waals surface area (Å²) in [5.41, 5.74) is 4.42. The van der Waals surface area contributed by atoms with Crippen LogP contribution in [0.2, 0.25) is 0 Å². The molecule has 0 saturated heterocycles. The molecule has 1 aliphatic rings. The van der Waals surface area contributed by atoms with Crippen LogP contribution in [-0.2, 0) is 4.79 Å². The van der Waals surface area contributed by atoms with Crippen molar-refractivity contribution >= 4 is 5.91 Å². The number of nitrogens with zero attached hydrogens (tertiary/aromatic N) is 2. The summed E-state index contributed by atoms with van der Waals surface area (Å²) in [6.45, 7) is 6.15. The molecule has 1 atom stereocenters. The maximum absolute atomic E-state index is 11.9. The summed E-state index contributed by atoms with van der Waals surface area (Å²) in [6.07, 6.45) is 3.92. The second-order valence-electron chi connectivity index (χ2n) is 5.89. The van der Waals surface area contributed by atoms with Crippen LogP contribution in [0, 0.1) is 19.8 Å². The third-order valence-corrected chi connectivity index (χ3v) is 4.16. The molecule has 0 bridgehead atoms. The van der Waals surface area contributed by atoms with Crippen LogP contribution in [0.15, 0.2) is 30.5 Å². The number of carbonyl (C=O) groups excluding carboxylic acids is 1. The molecule has 0 aliphatic heterocycles. The standard InChI is InChI=1S/C17H21N3O/c1-11-6-4-5-7-16(11)20-13(3)15(10-18-20)12(2)19-17(21)14-8-9-14/h4-7,10,12,14H,8-9H2,1-3H3,(H,19,21)/t12-/m1/s1. The molecule has 0 radical (unpaired) electrons. The Morgan fingerprint density at radius 1 is 1.33 bits per heavy atom. The second-order valence-corrected chi connectivity index (χ2v) is 5.89. The van der Waals surface area contributed by atoms with Crippen molar-refractivity contribution in [1.82, 2.24) is 15.1 Å². The zero-order chi connectivity index (χ0) is 15.0. The highest BCUT2D eigenvalue weighted by atomic mass is 16.2. The van der Waals surface area contributed by atoms with Gasteiger partial charge in [0, 0.05) is 17.2 Å². The van der Waals surface area contributed by atoms with Crippen molar-refractivity contribution in [2.24, 2.45) is 5.92 Å². The summed E-state index contributed by atoms with van der Waals surface area (Å²) in [7, 11) is 0. The van der Waals surface area contributed by atoms with E-state index >= 15 is 0 Å². The highest BCUT2D eigenvalue weighted by Gasteiger charge is 2.30. The first kappa shape index (κ1) is 13.9. The second kappa shape index (κ2) is 5.35. The third kappa shape index (κ3) is 2.71. The smallest absolute Gasteiger partial charge is 0.223 e. The van der Waals surface area contributed by atoms with Crippen molar-refractivity contribution in [1.29, 1.82) is 0 Å². The summed E-state index contributed by atoms with van der Waals surface area (Å²) in [6, 6.07) is 8.18. The van der Waals surface area contributed by atoms with Crippen LogP contribution in [0.5, 0.6) is 0 Å². The number of benzene rings is 1. The minimum absolute atomic E-state index is 0.00383. The molecule has 2 aromatic rings. The van der Waals surface area contributed by atoms with Crippen LogP contribution in [0.25, 0.3) is 5.69 Å². The molecular formula is C17H21N3O. The highest BCUT2D eigenvalue weighted by Crippen LogP contribution is 2.30. The van der Waals surface area contributed by atoms with Gasteiger partial charge in [-0.15, -0.1) is 0 Å². The lowest BCUT2D eigenvalue weighted by atomic mass is 10.1. The molecule has 4 nitrogen and oxygen atoms in total. The summed E-state index contributed by atoms with van der Waals surface area (Å²) in [4.78, 5) is 11.9. The summed E-state index contributed by atoms with van der Waals surface area (Å²) in [5, 5.41) is 7.59. The molecule has 1 aromatic carbocycles. The van der Waals surface area contributed by atoms with E-state index in [2.05, 4.69) is 36.4 Å². The van der Waals surface area contributed by atoms with Crippen LogP contribution >= 0.6 is 0 Å². The maximum Gasteiger partial charge on any atom is 0.223 e. The fraction of sp³-hybridized carbons (Fsp3) is 0.412. The lowest BCUT2D eigenvalue weighted by Crippen LogP contribution is -2.28. The van der Waals surface area contributed by atoms with Gasteiger partial charge in [0.25, 0.3) is 0 Å². The monoisotopic (exact) mass is 283 g/mol. The van der Waals surface area contributed by atoms with Gasteiger partial charge in [-0.1, -0.05) is 18.2 Å². The first-order valence-corrected chi connectivity index (χ1v) is 7.49. The van der Waals surface area contributed by atoms with Gasteiger partial charge in [-0.2, -0.15) is 5.10 Å². The quantitative estimate of drug-likeness (QED) is 0.937. The lowest BCUT2D eigenvalue weighted by Gasteiger charge is -2.14. The van der Waals surface area contributed by atoms with Gasteiger partial charge in [-0.05, 0) is 45.2 Å². The van der Waals surface area contributed by atoms with Gasteiger partial charge < -0.3 is 5.32 Å². The van der Waals surface area contributed by atoms with E-state index < -0.39 is 0 Å². The first-order valence-electron chi connectivity index (χ1n) is 7.49. The number of hydrogen-bond donors (Lipinski definition) is 1. The predicted molar refractivity (Wildman–Crippen MR) is 82.3 cm³/mol. The van der Waals surface area contributed by atoms with E-state index in [1.54, 1.807) is 0 Å².